The Hall–Kier alpha value is -0.0800. The molecule has 2 aliphatic carbocycles. The van der Waals surface area contributed by atoms with E-state index in [0.717, 1.165) is 12.5 Å². The number of hydrogen-bond donors (Lipinski definition) is 1. The van der Waals surface area contributed by atoms with Crippen LogP contribution in [0, 0.1) is 11.3 Å². The van der Waals surface area contributed by atoms with Crippen molar-refractivity contribution in [2.75, 3.05) is 19.6 Å². The highest BCUT2D eigenvalue weighted by Gasteiger charge is 2.49. The topological polar surface area (TPSA) is 29.3 Å². The molecule has 0 amide bonds. The summed E-state index contributed by atoms with van der Waals surface area (Å²) in [6.45, 7) is 10.6. The lowest BCUT2D eigenvalue weighted by Gasteiger charge is -2.56. The van der Waals surface area contributed by atoms with Gasteiger partial charge in [-0.05, 0) is 50.0 Å². The van der Waals surface area contributed by atoms with Gasteiger partial charge in [-0.15, -0.1) is 0 Å². The maximum Gasteiger partial charge on any atom is 0.0382 e. The van der Waals surface area contributed by atoms with Crippen LogP contribution in [-0.4, -0.2) is 30.1 Å². The summed E-state index contributed by atoms with van der Waals surface area (Å²) in [4.78, 5) is 2.78. The average Bonchev–Trinajstić information content (AvgIpc) is 3.12. The molecular formula is C16H32N2. The molecule has 2 rings (SSSR count). The second-order valence-corrected chi connectivity index (χ2v) is 7.22. The lowest BCUT2D eigenvalue weighted by Crippen LogP contribution is -2.64. The zero-order valence-electron chi connectivity index (χ0n) is 12.7. The van der Waals surface area contributed by atoms with Crippen LogP contribution in [0.3, 0.4) is 0 Å². The van der Waals surface area contributed by atoms with Crippen molar-refractivity contribution in [1.29, 1.82) is 0 Å². The Labute approximate surface area is 113 Å². The van der Waals surface area contributed by atoms with E-state index in [1.807, 2.05) is 0 Å². The highest BCUT2D eigenvalue weighted by atomic mass is 15.2. The maximum atomic E-state index is 6.30. The van der Waals surface area contributed by atoms with Crippen LogP contribution in [0.15, 0.2) is 0 Å². The van der Waals surface area contributed by atoms with E-state index in [9.17, 15) is 0 Å². The summed E-state index contributed by atoms with van der Waals surface area (Å²) in [6, 6.07) is 0. The smallest absolute Gasteiger partial charge is 0.0382 e. The molecule has 1 unspecified atom stereocenters. The highest BCUT2D eigenvalue weighted by Crippen LogP contribution is 2.48. The van der Waals surface area contributed by atoms with Gasteiger partial charge in [-0.25, -0.2) is 0 Å². The van der Waals surface area contributed by atoms with Crippen molar-refractivity contribution in [2.45, 2.75) is 71.3 Å². The van der Waals surface area contributed by atoms with Crippen LogP contribution in [0.25, 0.3) is 0 Å². The summed E-state index contributed by atoms with van der Waals surface area (Å²) in [5, 5.41) is 0. The molecule has 2 N–H and O–H groups in total. The van der Waals surface area contributed by atoms with Gasteiger partial charge in [-0.2, -0.15) is 0 Å². The van der Waals surface area contributed by atoms with Crippen LogP contribution in [0.4, 0.5) is 0 Å². The molecule has 18 heavy (non-hydrogen) atoms. The van der Waals surface area contributed by atoms with Crippen molar-refractivity contribution >= 4 is 0 Å². The predicted molar refractivity (Wildman–Crippen MR) is 78.6 cm³/mol. The minimum atomic E-state index is 0.268. The molecule has 0 aromatic heterocycles. The molecule has 0 aliphatic heterocycles. The molecule has 2 aliphatic rings. The van der Waals surface area contributed by atoms with E-state index < -0.39 is 0 Å². The van der Waals surface area contributed by atoms with Gasteiger partial charge in [0.15, 0.2) is 0 Å². The van der Waals surface area contributed by atoms with Crippen molar-refractivity contribution in [3.63, 3.8) is 0 Å². The second kappa shape index (κ2) is 5.50. The Morgan fingerprint density at radius 2 is 1.83 bits per heavy atom. The highest BCUT2D eigenvalue weighted by molar-refractivity contribution is 5.05. The number of hydrogen-bond acceptors (Lipinski definition) is 2. The van der Waals surface area contributed by atoms with Gasteiger partial charge in [0.1, 0.15) is 0 Å². The fraction of sp³-hybridized carbons (Fsp3) is 1.00. The van der Waals surface area contributed by atoms with Crippen molar-refractivity contribution in [1.82, 2.24) is 4.90 Å². The van der Waals surface area contributed by atoms with Crippen molar-refractivity contribution in [2.24, 2.45) is 17.1 Å². The van der Waals surface area contributed by atoms with Gasteiger partial charge in [-0.3, -0.25) is 4.90 Å². The summed E-state index contributed by atoms with van der Waals surface area (Å²) in [5.41, 5.74) is 6.95. The number of nitrogens with zero attached hydrogens (tertiary/aromatic N) is 1. The quantitative estimate of drug-likeness (QED) is 0.785. The summed E-state index contributed by atoms with van der Waals surface area (Å²) in [6.07, 6.45) is 9.55. The molecule has 106 valence electrons. The Morgan fingerprint density at radius 3 is 2.33 bits per heavy atom. The van der Waals surface area contributed by atoms with E-state index >= 15 is 0 Å². The standard InChI is InChI=1S/C16H32N2/c1-4-11-18(12-14-7-8-14)16(13-17)10-6-5-9-15(16,2)3/h14H,4-13,17H2,1-3H3. The molecule has 0 aromatic rings. The Morgan fingerprint density at radius 1 is 1.17 bits per heavy atom. The summed E-state index contributed by atoms with van der Waals surface area (Å²) >= 11 is 0. The third-order valence-electron chi connectivity index (χ3n) is 5.51. The average molecular weight is 252 g/mol. The van der Waals surface area contributed by atoms with Crippen molar-refractivity contribution in [3.8, 4) is 0 Å². The third-order valence-corrected chi connectivity index (χ3v) is 5.51. The van der Waals surface area contributed by atoms with Gasteiger partial charge in [0.2, 0.25) is 0 Å². The van der Waals surface area contributed by atoms with Crippen LogP contribution in [-0.2, 0) is 0 Å². The first-order chi connectivity index (χ1) is 8.55. The first-order valence-electron chi connectivity index (χ1n) is 8.01. The van der Waals surface area contributed by atoms with Gasteiger partial charge >= 0.3 is 0 Å². The monoisotopic (exact) mass is 252 g/mol. The largest absolute Gasteiger partial charge is 0.329 e. The minimum absolute atomic E-state index is 0.268. The molecule has 2 nitrogen and oxygen atoms in total. The lowest BCUT2D eigenvalue weighted by molar-refractivity contribution is -0.0465. The summed E-state index contributed by atoms with van der Waals surface area (Å²) in [7, 11) is 0. The van der Waals surface area contributed by atoms with Gasteiger partial charge in [-0.1, -0.05) is 33.6 Å². The number of nitrogens with two attached hydrogens (primary N) is 1. The van der Waals surface area contributed by atoms with Crippen molar-refractivity contribution < 1.29 is 0 Å². The third kappa shape index (κ3) is 2.60. The molecule has 0 radical (unpaired) electrons. The van der Waals surface area contributed by atoms with E-state index in [-0.39, 0.29) is 5.54 Å². The SMILES string of the molecule is CCCN(CC1CC1)C1(CN)CCCCC1(C)C. The lowest BCUT2D eigenvalue weighted by atomic mass is 9.62. The molecule has 2 fully saturated rings. The predicted octanol–water partition coefficient (Wildman–Crippen LogP) is 3.41. The van der Waals surface area contributed by atoms with E-state index in [2.05, 4.69) is 25.7 Å². The van der Waals surface area contributed by atoms with Gasteiger partial charge in [0.05, 0.1) is 0 Å². The van der Waals surface area contributed by atoms with E-state index in [4.69, 9.17) is 5.73 Å². The zero-order valence-corrected chi connectivity index (χ0v) is 12.7. The van der Waals surface area contributed by atoms with E-state index in [1.54, 1.807) is 0 Å². The van der Waals surface area contributed by atoms with Gasteiger partial charge < -0.3 is 5.73 Å². The van der Waals surface area contributed by atoms with E-state index in [0.29, 0.717) is 5.41 Å². The second-order valence-electron chi connectivity index (χ2n) is 7.22. The Kier molecular flexibility index (Phi) is 4.38. The Bertz CT molecular complexity index is 270. The van der Waals surface area contributed by atoms with E-state index in [1.165, 1.54) is 58.0 Å². The molecule has 0 spiro atoms. The minimum Gasteiger partial charge on any atom is -0.329 e. The summed E-state index contributed by atoms with van der Waals surface area (Å²) < 4.78 is 0. The molecular weight excluding hydrogens is 220 g/mol. The molecule has 0 bridgehead atoms. The van der Waals surface area contributed by atoms with Gasteiger partial charge in [0.25, 0.3) is 0 Å². The fourth-order valence-electron chi connectivity index (χ4n) is 4.01. The Balaban J connectivity index is 2.19. The van der Waals surface area contributed by atoms with Crippen molar-refractivity contribution in [3.05, 3.63) is 0 Å². The van der Waals surface area contributed by atoms with Crippen LogP contribution < -0.4 is 5.73 Å². The molecule has 0 saturated heterocycles. The van der Waals surface area contributed by atoms with Crippen LogP contribution >= 0.6 is 0 Å². The summed E-state index contributed by atoms with van der Waals surface area (Å²) in [5.74, 6) is 0.970. The molecule has 2 saturated carbocycles. The molecule has 0 aromatic carbocycles. The zero-order chi connectivity index (χ0) is 13.2. The molecule has 0 heterocycles. The van der Waals surface area contributed by atoms with Crippen LogP contribution in [0.1, 0.15) is 65.7 Å². The first-order valence-corrected chi connectivity index (χ1v) is 8.01. The fourth-order valence-corrected chi connectivity index (χ4v) is 4.01. The maximum absolute atomic E-state index is 6.30. The first kappa shape index (κ1) is 14.3. The normalized spacial score (nSPS) is 31.8. The van der Waals surface area contributed by atoms with Crippen LogP contribution in [0.5, 0.6) is 0 Å². The molecule has 1 atom stereocenters. The van der Waals surface area contributed by atoms with Crippen LogP contribution in [0.2, 0.25) is 0 Å². The molecule has 2 heteroatoms. The number of rotatable bonds is 6. The van der Waals surface area contributed by atoms with Gasteiger partial charge in [0, 0.05) is 18.6 Å².